The lowest BCUT2D eigenvalue weighted by Crippen LogP contribution is -2.25. The highest BCUT2D eigenvalue weighted by Crippen LogP contribution is 2.29. The number of amides is 1. The summed E-state index contributed by atoms with van der Waals surface area (Å²) in [6, 6.07) is 7.26. The number of hydrogen-bond donors (Lipinski definition) is 1. The topological polar surface area (TPSA) is 57.4 Å². The van der Waals surface area contributed by atoms with Gasteiger partial charge in [-0.1, -0.05) is 24.6 Å². The minimum Gasteiger partial charge on any atom is -0.320 e. The number of aromatic nitrogens is 1. The Bertz CT molecular complexity index is 1250. The van der Waals surface area contributed by atoms with Gasteiger partial charge < -0.3 is 5.32 Å². The van der Waals surface area contributed by atoms with Gasteiger partial charge in [0.25, 0.3) is 12.3 Å². The van der Waals surface area contributed by atoms with Gasteiger partial charge in [0.05, 0.1) is 16.6 Å². The molecule has 0 atom stereocenters. The second-order valence-corrected chi connectivity index (χ2v) is 9.85. The van der Waals surface area contributed by atoms with Crippen molar-refractivity contribution >= 4 is 23.5 Å². The lowest BCUT2D eigenvalue weighted by atomic mass is 9.81. The fourth-order valence-electron chi connectivity index (χ4n) is 4.49. The first-order valence-electron chi connectivity index (χ1n) is 11.7. The number of hydrogen-bond acceptors (Lipinski definition) is 3. The van der Waals surface area contributed by atoms with Gasteiger partial charge in [-0.25, -0.2) is 18.2 Å². The minimum absolute atomic E-state index is 0.00715. The molecule has 0 bridgehead atoms. The van der Waals surface area contributed by atoms with Crippen molar-refractivity contribution in [2.45, 2.75) is 65.5 Å². The summed E-state index contributed by atoms with van der Waals surface area (Å²) in [4.78, 5) is 16.8. The van der Waals surface area contributed by atoms with Crippen LogP contribution >= 0.6 is 0 Å². The molecular formula is C26H30F3N4O+. The maximum absolute atomic E-state index is 14.2. The second kappa shape index (κ2) is 9.31. The molecule has 0 radical (unpaired) electrons. The number of benzene rings is 1. The van der Waals surface area contributed by atoms with E-state index in [1.165, 1.54) is 49.9 Å². The molecule has 1 saturated carbocycles. The van der Waals surface area contributed by atoms with E-state index in [0.29, 0.717) is 22.4 Å². The van der Waals surface area contributed by atoms with Crippen molar-refractivity contribution in [2.75, 3.05) is 5.32 Å². The number of rotatable bonds is 5. The molecule has 1 N–H and O–H groups in total. The zero-order valence-electron chi connectivity index (χ0n) is 19.9. The van der Waals surface area contributed by atoms with Crippen LogP contribution in [-0.4, -0.2) is 21.3 Å². The summed E-state index contributed by atoms with van der Waals surface area (Å²) in [6.07, 6.45) is 3.06. The van der Waals surface area contributed by atoms with Gasteiger partial charge in [0.2, 0.25) is 6.20 Å². The number of carbonyl (C=O) groups excluding carboxylic acids is 1. The van der Waals surface area contributed by atoms with E-state index in [9.17, 15) is 18.0 Å². The molecule has 1 aromatic carbocycles. The lowest BCUT2D eigenvalue weighted by molar-refractivity contribution is -0.430. The number of halogens is 3. The first-order chi connectivity index (χ1) is 16.0. The van der Waals surface area contributed by atoms with Crippen LogP contribution in [0.1, 0.15) is 81.5 Å². The third-order valence-corrected chi connectivity index (χ3v) is 6.62. The van der Waals surface area contributed by atoms with Crippen molar-refractivity contribution in [3.63, 3.8) is 0 Å². The number of fused-ring (bicyclic) bond motifs is 1. The zero-order valence-corrected chi connectivity index (χ0v) is 19.9. The van der Waals surface area contributed by atoms with Crippen LogP contribution < -0.4 is 15.9 Å². The Morgan fingerprint density at radius 1 is 1.18 bits per heavy atom. The van der Waals surface area contributed by atoms with E-state index in [1.807, 2.05) is 6.20 Å². The summed E-state index contributed by atoms with van der Waals surface area (Å²) in [5.74, 6) is 0.654. The van der Waals surface area contributed by atoms with Gasteiger partial charge in [0, 0.05) is 23.5 Å². The summed E-state index contributed by atoms with van der Waals surface area (Å²) in [6.45, 7) is 7.16. The van der Waals surface area contributed by atoms with Crippen LogP contribution in [0.3, 0.4) is 0 Å². The van der Waals surface area contributed by atoms with Crippen LogP contribution in [0.25, 0.3) is 6.20 Å². The molecule has 34 heavy (non-hydrogen) atoms. The van der Waals surface area contributed by atoms with E-state index in [-0.39, 0.29) is 22.6 Å². The molecule has 1 fully saturated rings. The van der Waals surface area contributed by atoms with Crippen LogP contribution in [0, 0.1) is 11.8 Å². The highest BCUT2D eigenvalue weighted by molar-refractivity contribution is 6.03. The maximum atomic E-state index is 14.2. The Morgan fingerprint density at radius 2 is 1.88 bits per heavy atom. The molecule has 1 amide bonds. The standard InChI is InChI=1S/C26H29F3N4O/c1-15(2)16-8-10-18(11-9-16)33-14-17-12-22(19(24(27)28)13-21(17)32-33)31-25(34)20-6-5-7-23(30-20)26(3,4)29/h5-7,12-16,24H,8-11H2,1-4H3/p+1. The van der Waals surface area contributed by atoms with Gasteiger partial charge in [-0.15, -0.1) is 0 Å². The zero-order chi connectivity index (χ0) is 24.6. The molecule has 1 aliphatic heterocycles. The van der Waals surface area contributed by atoms with Crippen LogP contribution in [0.4, 0.5) is 18.9 Å². The fourth-order valence-corrected chi connectivity index (χ4v) is 4.49. The van der Waals surface area contributed by atoms with E-state index in [2.05, 4.69) is 29.2 Å². The molecule has 2 aliphatic rings. The monoisotopic (exact) mass is 471 g/mol. The summed E-state index contributed by atoms with van der Waals surface area (Å²) in [5.41, 5.74) is -0.836. The fraction of sp³-hybridized carbons (Fsp3) is 0.462. The SMILES string of the molecule is CC(C)C1CCC(=[N+]2C=c3cc(NC(=O)c4cccc(C(C)(C)F)n4)c(C(F)F)cc3=N2)CC1. The average Bonchev–Trinajstić information content (AvgIpc) is 3.21. The summed E-state index contributed by atoms with van der Waals surface area (Å²) in [5, 5.41) is 8.19. The molecule has 0 spiro atoms. The van der Waals surface area contributed by atoms with E-state index >= 15 is 0 Å². The highest BCUT2D eigenvalue weighted by Gasteiger charge is 2.28. The van der Waals surface area contributed by atoms with E-state index in [4.69, 9.17) is 0 Å². The number of nitrogens with zero attached hydrogens (tertiary/aromatic N) is 3. The van der Waals surface area contributed by atoms with Gasteiger partial charge in [0.15, 0.2) is 5.71 Å². The molecule has 180 valence electrons. The van der Waals surface area contributed by atoms with Gasteiger partial charge in [-0.3, -0.25) is 4.79 Å². The predicted molar refractivity (Wildman–Crippen MR) is 125 cm³/mol. The highest BCUT2D eigenvalue weighted by atomic mass is 19.3. The number of pyridine rings is 1. The molecule has 0 unspecified atom stereocenters. The predicted octanol–water partition coefficient (Wildman–Crippen LogP) is 5.06. The lowest BCUT2D eigenvalue weighted by Gasteiger charge is -2.24. The molecular weight excluding hydrogens is 441 g/mol. The molecule has 0 saturated heterocycles. The van der Waals surface area contributed by atoms with Gasteiger partial charge >= 0.3 is 0 Å². The summed E-state index contributed by atoms with van der Waals surface area (Å²) >= 11 is 0. The van der Waals surface area contributed by atoms with Crippen molar-refractivity contribution in [3.8, 4) is 0 Å². The first kappa shape index (κ1) is 24.1. The second-order valence-electron chi connectivity index (χ2n) is 9.85. The normalized spacial score (nSPS) is 18.1. The average molecular weight is 472 g/mol. The van der Waals surface area contributed by atoms with Crippen molar-refractivity contribution in [2.24, 2.45) is 16.9 Å². The largest absolute Gasteiger partial charge is 0.320 e. The molecule has 5 nitrogen and oxygen atoms in total. The summed E-state index contributed by atoms with van der Waals surface area (Å²) < 4.78 is 43.8. The number of carbonyl (C=O) groups is 1. The smallest absolute Gasteiger partial charge is 0.274 e. The number of anilines is 1. The Kier molecular flexibility index (Phi) is 6.60. The van der Waals surface area contributed by atoms with Crippen molar-refractivity contribution < 1.29 is 22.7 Å². The Balaban J connectivity index is 1.64. The van der Waals surface area contributed by atoms with Crippen LogP contribution in [0.2, 0.25) is 0 Å². The third kappa shape index (κ3) is 5.05. The Labute approximate surface area is 197 Å². The van der Waals surface area contributed by atoms with Crippen molar-refractivity contribution in [3.05, 3.63) is 57.9 Å². The maximum Gasteiger partial charge on any atom is 0.274 e. The van der Waals surface area contributed by atoms with Crippen LogP contribution in [-0.2, 0) is 5.67 Å². The third-order valence-electron chi connectivity index (χ3n) is 6.62. The van der Waals surface area contributed by atoms with Gasteiger partial charge in [0.1, 0.15) is 16.7 Å². The van der Waals surface area contributed by atoms with Crippen molar-refractivity contribution in [1.82, 2.24) is 4.98 Å². The quantitative estimate of drug-likeness (QED) is 0.620. The molecule has 2 aromatic rings. The van der Waals surface area contributed by atoms with Gasteiger partial charge in [-0.05, 0) is 62.8 Å². The Hall–Kier alpha value is -3.03. The molecule has 8 heteroatoms. The van der Waals surface area contributed by atoms with E-state index in [0.717, 1.165) is 25.7 Å². The van der Waals surface area contributed by atoms with E-state index in [1.54, 1.807) is 4.68 Å². The minimum atomic E-state index is -2.80. The van der Waals surface area contributed by atoms with Crippen LogP contribution in [0.15, 0.2) is 35.4 Å². The number of nitrogens with one attached hydrogen (secondary N) is 1. The summed E-state index contributed by atoms with van der Waals surface area (Å²) in [7, 11) is 0. The van der Waals surface area contributed by atoms with E-state index < -0.39 is 18.0 Å². The van der Waals surface area contributed by atoms with Crippen molar-refractivity contribution in [1.29, 1.82) is 0 Å². The molecule has 1 aliphatic carbocycles. The molecule has 1 aromatic heterocycles. The Morgan fingerprint density at radius 3 is 2.50 bits per heavy atom. The first-order valence-corrected chi connectivity index (χ1v) is 11.7. The molecule has 4 rings (SSSR count). The van der Waals surface area contributed by atoms with Gasteiger partial charge in [-0.2, -0.15) is 0 Å². The molecule has 2 heterocycles. The van der Waals surface area contributed by atoms with Crippen LogP contribution in [0.5, 0.6) is 0 Å². The number of alkyl halides is 3.